The maximum atomic E-state index is 12.3. The van der Waals surface area contributed by atoms with Gasteiger partial charge < -0.3 is 10.6 Å². The second-order valence-corrected chi connectivity index (χ2v) is 7.87. The molecule has 156 valence electrons. The minimum Gasteiger partial charge on any atom is -0.363 e. The van der Waals surface area contributed by atoms with E-state index in [1.54, 1.807) is 6.34 Å². The Morgan fingerprint density at radius 1 is 1.03 bits per heavy atom. The third-order valence-electron chi connectivity index (χ3n) is 5.74. The molecular weight excluding hydrogens is 378 g/mol. The number of aliphatic imine (C=N–C) groups is 1. The van der Waals surface area contributed by atoms with Crippen molar-refractivity contribution in [1.82, 2.24) is 16.0 Å². The van der Waals surface area contributed by atoms with Crippen LogP contribution in [0.2, 0.25) is 0 Å². The Bertz CT molecular complexity index is 923. The van der Waals surface area contributed by atoms with Crippen LogP contribution in [0.4, 0.5) is 0 Å². The molecule has 1 aliphatic heterocycles. The van der Waals surface area contributed by atoms with Gasteiger partial charge in [0.2, 0.25) is 5.66 Å². The molecule has 2 aromatic rings. The van der Waals surface area contributed by atoms with Gasteiger partial charge in [-0.15, -0.1) is 0 Å². The lowest BCUT2D eigenvalue weighted by atomic mass is 9.94. The summed E-state index contributed by atoms with van der Waals surface area (Å²) < 4.78 is 0. The summed E-state index contributed by atoms with van der Waals surface area (Å²) in [5.41, 5.74) is 0.896. The number of hydrogen-bond donors (Lipinski definition) is 3. The molecule has 1 aliphatic carbocycles. The second-order valence-electron chi connectivity index (χ2n) is 7.87. The summed E-state index contributed by atoms with van der Waals surface area (Å²) in [6.07, 6.45) is 6.30. The molecule has 7 nitrogen and oxygen atoms in total. The van der Waals surface area contributed by atoms with E-state index >= 15 is 0 Å². The number of nitrogens with one attached hydrogen (secondary N) is 3. The first kappa shape index (κ1) is 20.1. The molecule has 30 heavy (non-hydrogen) atoms. The Labute approximate surface area is 176 Å². The highest BCUT2D eigenvalue weighted by Gasteiger charge is 2.47. The maximum absolute atomic E-state index is 12.3. The molecular formula is C23H27N5O2. The quantitative estimate of drug-likeness (QED) is 0.463. The van der Waals surface area contributed by atoms with Crippen LogP contribution >= 0.6 is 0 Å². The lowest BCUT2D eigenvalue weighted by Crippen LogP contribution is -2.54. The molecule has 1 unspecified atom stereocenters. The van der Waals surface area contributed by atoms with E-state index in [0.29, 0.717) is 18.8 Å². The Hall–Kier alpha value is -3.19. The molecule has 0 radical (unpaired) electrons. The van der Waals surface area contributed by atoms with Crippen LogP contribution in [-0.4, -0.2) is 23.0 Å². The average Bonchev–Trinajstić information content (AvgIpc) is 3.27. The van der Waals surface area contributed by atoms with Gasteiger partial charge in [0, 0.05) is 19.0 Å². The zero-order valence-electron chi connectivity index (χ0n) is 16.9. The summed E-state index contributed by atoms with van der Waals surface area (Å²) in [7, 11) is 0. The van der Waals surface area contributed by atoms with Gasteiger partial charge in [-0.3, -0.25) is 15.4 Å². The normalized spacial score (nSPS) is 21.5. The van der Waals surface area contributed by atoms with Crippen molar-refractivity contribution in [3.8, 4) is 0 Å². The number of nitrogens with zero attached hydrogens (tertiary/aromatic N) is 2. The Morgan fingerprint density at radius 2 is 1.67 bits per heavy atom. The molecule has 1 heterocycles. The van der Waals surface area contributed by atoms with Crippen LogP contribution in [0.15, 0.2) is 77.2 Å². The summed E-state index contributed by atoms with van der Waals surface area (Å²) in [6, 6.07) is 19.9. The Kier molecular flexibility index (Phi) is 6.09. The second kappa shape index (κ2) is 9.09. The molecule has 1 saturated carbocycles. The summed E-state index contributed by atoms with van der Waals surface area (Å²) in [6.45, 7) is 0.471. The van der Waals surface area contributed by atoms with Crippen molar-refractivity contribution in [2.45, 2.75) is 50.4 Å². The number of nitro groups is 1. The fourth-order valence-corrected chi connectivity index (χ4v) is 4.23. The lowest BCUT2D eigenvalue weighted by molar-refractivity contribution is -0.438. The largest absolute Gasteiger partial charge is 0.363 e. The molecule has 2 aliphatic rings. The summed E-state index contributed by atoms with van der Waals surface area (Å²) >= 11 is 0. The SMILES string of the molecule is O=[N+]([O-])C1=C(NC2CCCC2)NC=NC1(Cc1ccccc1)NCc1ccccc1. The highest BCUT2D eigenvalue weighted by atomic mass is 16.6. The highest BCUT2D eigenvalue weighted by molar-refractivity contribution is 5.61. The number of benzene rings is 2. The van der Waals surface area contributed by atoms with E-state index in [1.165, 1.54) is 0 Å². The van der Waals surface area contributed by atoms with E-state index in [0.717, 1.165) is 36.8 Å². The van der Waals surface area contributed by atoms with E-state index in [4.69, 9.17) is 0 Å². The van der Waals surface area contributed by atoms with E-state index in [9.17, 15) is 10.1 Å². The summed E-state index contributed by atoms with van der Waals surface area (Å²) in [4.78, 5) is 16.6. The minimum absolute atomic E-state index is 0.0386. The van der Waals surface area contributed by atoms with Crippen LogP contribution in [0.25, 0.3) is 0 Å². The molecule has 3 N–H and O–H groups in total. The third-order valence-corrected chi connectivity index (χ3v) is 5.74. The molecule has 0 amide bonds. The van der Waals surface area contributed by atoms with Crippen LogP contribution in [0.5, 0.6) is 0 Å². The van der Waals surface area contributed by atoms with Crippen LogP contribution in [0.1, 0.15) is 36.8 Å². The van der Waals surface area contributed by atoms with E-state index < -0.39 is 5.66 Å². The molecule has 0 spiro atoms. The highest BCUT2D eigenvalue weighted by Crippen LogP contribution is 2.30. The van der Waals surface area contributed by atoms with Gasteiger partial charge in [0.05, 0.1) is 11.3 Å². The van der Waals surface area contributed by atoms with Crippen molar-refractivity contribution in [3.05, 3.63) is 93.4 Å². The van der Waals surface area contributed by atoms with Crippen molar-refractivity contribution in [2.24, 2.45) is 4.99 Å². The van der Waals surface area contributed by atoms with Crippen LogP contribution in [-0.2, 0) is 13.0 Å². The van der Waals surface area contributed by atoms with Crippen molar-refractivity contribution in [1.29, 1.82) is 0 Å². The van der Waals surface area contributed by atoms with Gasteiger partial charge in [0.15, 0.2) is 5.82 Å². The monoisotopic (exact) mass is 405 g/mol. The minimum atomic E-state index is -1.17. The predicted molar refractivity (Wildman–Crippen MR) is 117 cm³/mol. The van der Waals surface area contributed by atoms with Crippen LogP contribution in [0.3, 0.4) is 0 Å². The summed E-state index contributed by atoms with van der Waals surface area (Å²) in [5, 5.41) is 22.1. The first-order valence-corrected chi connectivity index (χ1v) is 10.4. The molecule has 1 fully saturated rings. The maximum Gasteiger partial charge on any atom is 0.328 e. The number of rotatable bonds is 8. The molecule has 4 rings (SSSR count). The third kappa shape index (κ3) is 4.52. The molecule has 2 aromatic carbocycles. The van der Waals surface area contributed by atoms with Gasteiger partial charge in [0.25, 0.3) is 0 Å². The van der Waals surface area contributed by atoms with Gasteiger partial charge in [0.1, 0.15) is 0 Å². The first-order valence-electron chi connectivity index (χ1n) is 10.4. The van der Waals surface area contributed by atoms with Crippen LogP contribution < -0.4 is 16.0 Å². The van der Waals surface area contributed by atoms with Crippen molar-refractivity contribution in [3.63, 3.8) is 0 Å². The smallest absolute Gasteiger partial charge is 0.328 e. The standard InChI is InChI=1S/C23H27N5O2/c29-28(30)21-22(27-20-13-7-8-14-20)24-17-26-23(21,15-18-9-3-1-4-10-18)25-16-19-11-5-2-6-12-19/h1-6,9-12,17,20,25,27H,7-8,13-16H2,(H,24,26). The van der Waals surface area contributed by atoms with E-state index in [1.807, 2.05) is 60.7 Å². The molecule has 0 saturated heterocycles. The summed E-state index contributed by atoms with van der Waals surface area (Å²) in [5.74, 6) is 0.443. The average molecular weight is 406 g/mol. The Morgan fingerprint density at radius 3 is 2.30 bits per heavy atom. The zero-order valence-corrected chi connectivity index (χ0v) is 16.9. The van der Waals surface area contributed by atoms with Gasteiger partial charge in [-0.1, -0.05) is 73.5 Å². The first-order chi connectivity index (χ1) is 14.7. The Balaban J connectivity index is 1.70. The van der Waals surface area contributed by atoms with Gasteiger partial charge in [-0.25, -0.2) is 4.99 Å². The lowest BCUT2D eigenvalue weighted by Gasteiger charge is -2.33. The van der Waals surface area contributed by atoms with Crippen molar-refractivity contribution in [2.75, 3.05) is 0 Å². The van der Waals surface area contributed by atoms with Gasteiger partial charge in [-0.2, -0.15) is 0 Å². The van der Waals surface area contributed by atoms with Gasteiger partial charge in [-0.05, 0) is 24.0 Å². The zero-order chi connectivity index (χ0) is 20.8. The molecule has 1 atom stereocenters. The number of hydrogen-bond acceptors (Lipinski definition) is 6. The van der Waals surface area contributed by atoms with Crippen LogP contribution in [0, 0.1) is 10.1 Å². The van der Waals surface area contributed by atoms with Crippen molar-refractivity contribution < 1.29 is 4.92 Å². The van der Waals surface area contributed by atoms with E-state index in [-0.39, 0.29) is 16.7 Å². The predicted octanol–water partition coefficient (Wildman–Crippen LogP) is 3.32. The van der Waals surface area contributed by atoms with Crippen molar-refractivity contribution >= 4 is 6.34 Å². The topological polar surface area (TPSA) is 91.6 Å². The molecule has 7 heteroatoms. The fraction of sp³-hybridized carbons (Fsp3) is 0.348. The fourth-order valence-electron chi connectivity index (χ4n) is 4.23. The molecule has 0 aromatic heterocycles. The van der Waals surface area contributed by atoms with Gasteiger partial charge >= 0.3 is 5.70 Å². The molecule has 0 bridgehead atoms. The van der Waals surface area contributed by atoms with E-state index in [2.05, 4.69) is 20.9 Å².